The summed E-state index contributed by atoms with van der Waals surface area (Å²) in [6.45, 7) is 16.8. The van der Waals surface area contributed by atoms with Gasteiger partial charge in [-0.3, -0.25) is 0 Å². The van der Waals surface area contributed by atoms with Crippen LogP contribution in [0.15, 0.2) is 43.0 Å². The summed E-state index contributed by atoms with van der Waals surface area (Å²) in [7, 11) is 0. The van der Waals surface area contributed by atoms with Crippen molar-refractivity contribution in [3.63, 3.8) is 0 Å². The lowest BCUT2D eigenvalue weighted by atomic mass is 9.82. The number of carbonyl (C=O) groups is 1. The van der Waals surface area contributed by atoms with Gasteiger partial charge in [0.1, 0.15) is 0 Å². The Labute approximate surface area is 186 Å². The molecule has 1 aliphatic heterocycles. The second-order valence-electron chi connectivity index (χ2n) is 9.65. The van der Waals surface area contributed by atoms with Crippen LogP contribution < -0.4 is 9.57 Å². The quantitative estimate of drug-likeness (QED) is 0.382. The van der Waals surface area contributed by atoms with Crippen molar-refractivity contribution in [3.8, 4) is 11.5 Å². The van der Waals surface area contributed by atoms with Gasteiger partial charge in [0.2, 0.25) is 0 Å². The number of piperidine rings is 1. The van der Waals surface area contributed by atoms with E-state index in [0.29, 0.717) is 17.1 Å². The minimum Gasteiger partial charge on any atom is -0.418 e. The molecule has 0 unspecified atom stereocenters. The fourth-order valence-electron chi connectivity index (χ4n) is 4.42. The van der Waals surface area contributed by atoms with Crippen LogP contribution in [0.3, 0.4) is 0 Å². The number of hydroxylamine groups is 2. The summed E-state index contributed by atoms with van der Waals surface area (Å²) in [5, 5.41) is 2.09. The molecule has 2 aromatic carbocycles. The number of rotatable bonds is 6. The second-order valence-corrected chi connectivity index (χ2v) is 9.65. The number of ether oxygens (including phenoxy) is 1. The van der Waals surface area contributed by atoms with E-state index in [1.165, 1.54) is 0 Å². The van der Waals surface area contributed by atoms with Crippen molar-refractivity contribution in [2.75, 3.05) is 0 Å². The molecule has 4 nitrogen and oxygen atoms in total. The summed E-state index contributed by atoms with van der Waals surface area (Å²) in [6, 6.07) is 11.3. The van der Waals surface area contributed by atoms with Crippen molar-refractivity contribution in [2.24, 2.45) is 0 Å². The van der Waals surface area contributed by atoms with E-state index in [1.54, 1.807) is 18.2 Å². The average Bonchev–Trinajstić information content (AvgIpc) is 2.71. The van der Waals surface area contributed by atoms with Crippen molar-refractivity contribution >= 4 is 12.0 Å². The molecule has 1 saturated heterocycles. The van der Waals surface area contributed by atoms with Gasteiger partial charge in [-0.15, -0.1) is 5.06 Å². The molecule has 0 aromatic heterocycles. The van der Waals surface area contributed by atoms with Crippen LogP contribution >= 0.6 is 0 Å². The number of hydrogen-bond donors (Lipinski definition) is 0. The fourth-order valence-corrected chi connectivity index (χ4v) is 4.42. The molecule has 1 fully saturated rings. The van der Waals surface area contributed by atoms with Gasteiger partial charge in [-0.2, -0.15) is 0 Å². The summed E-state index contributed by atoms with van der Waals surface area (Å²) in [4.78, 5) is 19.6. The van der Waals surface area contributed by atoms with Crippen molar-refractivity contribution in [1.82, 2.24) is 5.06 Å². The Bertz CT molecular complexity index is 941. The smallest absolute Gasteiger partial charge is 0.343 e. The van der Waals surface area contributed by atoms with E-state index in [4.69, 9.17) is 9.57 Å². The predicted octanol–water partition coefficient (Wildman–Crippen LogP) is 6.76. The highest BCUT2D eigenvalue weighted by atomic mass is 16.7. The van der Waals surface area contributed by atoms with Gasteiger partial charge in [-0.05, 0) is 72.4 Å². The van der Waals surface area contributed by atoms with Crippen LogP contribution in [0.5, 0.6) is 11.5 Å². The van der Waals surface area contributed by atoms with E-state index in [-0.39, 0.29) is 11.1 Å². The van der Waals surface area contributed by atoms with Crippen LogP contribution in [0.2, 0.25) is 0 Å². The molecule has 166 valence electrons. The molecule has 0 saturated carbocycles. The van der Waals surface area contributed by atoms with Gasteiger partial charge in [-0.25, -0.2) is 4.79 Å². The molecule has 31 heavy (non-hydrogen) atoms. The van der Waals surface area contributed by atoms with Crippen LogP contribution in [0.4, 0.5) is 0 Å². The Kier molecular flexibility index (Phi) is 6.61. The molecule has 3 rings (SSSR count). The molecule has 0 spiro atoms. The second kappa shape index (κ2) is 8.88. The molecular formula is C27H35NO3. The Morgan fingerprint density at radius 1 is 1.03 bits per heavy atom. The predicted molar refractivity (Wildman–Crippen MR) is 127 cm³/mol. The number of benzene rings is 2. The van der Waals surface area contributed by atoms with Gasteiger partial charge in [0.15, 0.2) is 11.5 Å². The molecular weight excluding hydrogens is 386 g/mol. The molecule has 1 heterocycles. The van der Waals surface area contributed by atoms with Gasteiger partial charge >= 0.3 is 5.97 Å². The Balaban J connectivity index is 2.05. The zero-order valence-electron chi connectivity index (χ0n) is 19.7. The molecule has 1 aliphatic rings. The normalized spacial score (nSPS) is 17.7. The summed E-state index contributed by atoms with van der Waals surface area (Å²) in [5.41, 5.74) is 3.04. The standard InChI is InChI=1S/C27H35NO3/c1-8-20-15-16-21(9-2)24(31-28-26(4,5)17-10-18-27(28,6)7)23(20)30-25(29)22-13-11-19(3)12-14-22/h8,11-16H,1,9-10,17-18H2,2-7H3. The third kappa shape index (κ3) is 4.85. The first-order valence-corrected chi connectivity index (χ1v) is 11.1. The van der Waals surface area contributed by atoms with E-state index < -0.39 is 5.97 Å². The molecule has 0 aliphatic carbocycles. The summed E-state index contributed by atoms with van der Waals surface area (Å²) < 4.78 is 5.95. The van der Waals surface area contributed by atoms with Crippen molar-refractivity contribution in [1.29, 1.82) is 0 Å². The third-order valence-corrected chi connectivity index (χ3v) is 6.17. The number of hydrogen-bond acceptors (Lipinski definition) is 4. The lowest BCUT2D eigenvalue weighted by Crippen LogP contribution is -2.60. The van der Waals surface area contributed by atoms with E-state index in [1.807, 2.05) is 31.2 Å². The lowest BCUT2D eigenvalue weighted by molar-refractivity contribution is -0.217. The van der Waals surface area contributed by atoms with Crippen LogP contribution in [0.25, 0.3) is 6.08 Å². The highest BCUT2D eigenvalue weighted by Crippen LogP contribution is 2.43. The minimum absolute atomic E-state index is 0.144. The van der Waals surface area contributed by atoms with E-state index in [2.05, 4.69) is 46.3 Å². The van der Waals surface area contributed by atoms with Gasteiger partial charge < -0.3 is 9.57 Å². The summed E-state index contributed by atoms with van der Waals surface area (Å²) in [6.07, 6.45) is 5.70. The first-order chi connectivity index (χ1) is 14.6. The maximum atomic E-state index is 13.0. The molecule has 4 heteroatoms. The number of carbonyl (C=O) groups excluding carboxylic acids is 1. The first kappa shape index (κ1) is 23.1. The Morgan fingerprint density at radius 3 is 2.19 bits per heavy atom. The molecule has 0 N–H and O–H groups in total. The summed E-state index contributed by atoms with van der Waals surface area (Å²) >= 11 is 0. The van der Waals surface area contributed by atoms with Crippen LogP contribution in [-0.4, -0.2) is 22.1 Å². The van der Waals surface area contributed by atoms with E-state index in [9.17, 15) is 4.79 Å². The number of nitrogens with zero attached hydrogens (tertiary/aromatic N) is 1. The first-order valence-electron chi connectivity index (χ1n) is 11.1. The SMILES string of the molecule is C=Cc1ccc(CC)c(ON2C(C)(C)CCCC2(C)C)c1OC(=O)c1ccc(C)cc1. The molecule has 0 radical (unpaired) electrons. The molecule has 0 atom stereocenters. The van der Waals surface area contributed by atoms with Crippen LogP contribution in [-0.2, 0) is 6.42 Å². The van der Waals surface area contributed by atoms with Crippen molar-refractivity contribution < 1.29 is 14.4 Å². The Morgan fingerprint density at radius 2 is 1.65 bits per heavy atom. The topological polar surface area (TPSA) is 38.8 Å². The highest BCUT2D eigenvalue weighted by Gasteiger charge is 2.44. The summed E-state index contributed by atoms with van der Waals surface area (Å²) in [5.74, 6) is 0.624. The number of esters is 1. The van der Waals surface area contributed by atoms with Gasteiger partial charge in [-0.1, -0.05) is 49.4 Å². The molecule has 0 amide bonds. The zero-order chi connectivity index (χ0) is 22.8. The maximum Gasteiger partial charge on any atom is 0.343 e. The molecule has 2 aromatic rings. The van der Waals surface area contributed by atoms with E-state index >= 15 is 0 Å². The maximum absolute atomic E-state index is 13.0. The fraction of sp³-hybridized carbons (Fsp3) is 0.444. The molecule has 0 bridgehead atoms. The van der Waals surface area contributed by atoms with Crippen LogP contribution in [0, 0.1) is 6.92 Å². The van der Waals surface area contributed by atoms with Gasteiger partial charge in [0, 0.05) is 11.1 Å². The third-order valence-electron chi connectivity index (χ3n) is 6.17. The Hall–Kier alpha value is -2.59. The van der Waals surface area contributed by atoms with Gasteiger partial charge in [0.25, 0.3) is 0 Å². The monoisotopic (exact) mass is 421 g/mol. The van der Waals surface area contributed by atoms with Crippen molar-refractivity contribution in [3.05, 3.63) is 65.2 Å². The van der Waals surface area contributed by atoms with Crippen molar-refractivity contribution in [2.45, 2.75) is 78.3 Å². The van der Waals surface area contributed by atoms with E-state index in [0.717, 1.165) is 42.4 Å². The lowest BCUT2D eigenvalue weighted by Gasteiger charge is -2.51. The number of aryl methyl sites for hydroxylation is 2. The van der Waals surface area contributed by atoms with Gasteiger partial charge in [0.05, 0.1) is 16.6 Å². The minimum atomic E-state index is -0.404. The average molecular weight is 422 g/mol. The largest absolute Gasteiger partial charge is 0.418 e. The zero-order valence-corrected chi connectivity index (χ0v) is 19.7. The van der Waals surface area contributed by atoms with Crippen LogP contribution in [0.1, 0.15) is 80.9 Å². The highest BCUT2D eigenvalue weighted by molar-refractivity contribution is 5.92.